The zero-order valence-corrected chi connectivity index (χ0v) is 20.5. The number of amides is 1. The number of pyridine rings is 1. The van der Waals surface area contributed by atoms with Gasteiger partial charge in [0.1, 0.15) is 17.7 Å². The predicted molar refractivity (Wildman–Crippen MR) is 122 cm³/mol. The molecule has 38 heavy (non-hydrogen) atoms. The molecule has 3 aromatic rings. The maximum Gasteiger partial charge on any atom is 0.451 e. The van der Waals surface area contributed by atoms with E-state index >= 15 is 0 Å². The molecule has 1 amide bonds. The number of nitrogens with zero attached hydrogens (tertiary/aromatic N) is 4. The summed E-state index contributed by atoms with van der Waals surface area (Å²) in [5.74, 6) is -3.30. The number of alkyl halides is 3. The number of fused-ring (bicyclic) bond motifs is 1. The van der Waals surface area contributed by atoms with Crippen LogP contribution in [0.3, 0.4) is 0 Å². The summed E-state index contributed by atoms with van der Waals surface area (Å²) in [6.45, 7) is 1.56. The smallest absolute Gasteiger partial charge is 0.351 e. The zero-order valence-electron chi connectivity index (χ0n) is 19.7. The third kappa shape index (κ3) is 4.73. The molecular formula is C24H20F5N5O3S. The first-order valence-electron chi connectivity index (χ1n) is 11.5. The topological polar surface area (TPSA) is 105 Å². The second-order valence-corrected chi connectivity index (χ2v) is 11.1. The maximum atomic E-state index is 14.4. The van der Waals surface area contributed by atoms with Gasteiger partial charge in [-0.1, -0.05) is 6.92 Å². The van der Waals surface area contributed by atoms with Gasteiger partial charge in [0.2, 0.25) is 21.8 Å². The normalized spacial score (nSPS) is 23.2. The van der Waals surface area contributed by atoms with Crippen LogP contribution in [0.2, 0.25) is 0 Å². The molecule has 0 bridgehead atoms. The quantitative estimate of drug-likeness (QED) is 0.469. The summed E-state index contributed by atoms with van der Waals surface area (Å²) in [6, 6.07) is 4.16. The van der Waals surface area contributed by atoms with E-state index in [-0.39, 0.29) is 52.6 Å². The summed E-state index contributed by atoms with van der Waals surface area (Å²) in [5.41, 5.74) is 0.167. The number of nitrogens with one attached hydrogen (secondary N) is 1. The Kier molecular flexibility index (Phi) is 6.42. The number of piperidine rings is 1. The van der Waals surface area contributed by atoms with Crippen molar-refractivity contribution in [3.05, 3.63) is 71.9 Å². The van der Waals surface area contributed by atoms with Gasteiger partial charge >= 0.3 is 6.18 Å². The number of hydrogen-bond donors (Lipinski definition) is 1. The Morgan fingerprint density at radius 2 is 1.74 bits per heavy atom. The van der Waals surface area contributed by atoms with E-state index in [0.29, 0.717) is 0 Å². The third-order valence-electron chi connectivity index (χ3n) is 6.89. The summed E-state index contributed by atoms with van der Waals surface area (Å²) in [4.78, 5) is 23.3. The van der Waals surface area contributed by atoms with E-state index in [0.717, 1.165) is 47.2 Å². The molecular weight excluding hydrogens is 533 g/mol. The van der Waals surface area contributed by atoms with Crippen LogP contribution in [0.4, 0.5) is 22.0 Å². The Hall–Kier alpha value is -3.52. The molecule has 1 aromatic carbocycles. The van der Waals surface area contributed by atoms with Gasteiger partial charge in [0.25, 0.3) is 0 Å². The molecule has 1 aliphatic carbocycles. The summed E-state index contributed by atoms with van der Waals surface area (Å²) in [5, 5.41) is 2.56. The van der Waals surface area contributed by atoms with Gasteiger partial charge < -0.3 is 5.32 Å². The zero-order chi connectivity index (χ0) is 27.4. The van der Waals surface area contributed by atoms with Crippen molar-refractivity contribution in [1.29, 1.82) is 0 Å². The molecule has 3 heterocycles. The molecule has 200 valence electrons. The summed E-state index contributed by atoms with van der Waals surface area (Å²) in [6.07, 6.45) is -1.77. The highest BCUT2D eigenvalue weighted by atomic mass is 32.2. The molecule has 4 atom stereocenters. The van der Waals surface area contributed by atoms with E-state index < -0.39 is 45.6 Å². The summed E-state index contributed by atoms with van der Waals surface area (Å²) in [7, 11) is -4.11. The minimum atomic E-state index is -4.72. The van der Waals surface area contributed by atoms with E-state index in [9.17, 15) is 35.2 Å². The van der Waals surface area contributed by atoms with Crippen LogP contribution in [0.5, 0.6) is 0 Å². The van der Waals surface area contributed by atoms with Gasteiger partial charge in [-0.05, 0) is 48.6 Å². The first kappa shape index (κ1) is 26.1. The number of halogens is 5. The molecule has 2 aromatic heterocycles. The van der Waals surface area contributed by atoms with Gasteiger partial charge in [-0.25, -0.2) is 27.2 Å². The highest BCUT2D eigenvalue weighted by Crippen LogP contribution is 2.55. The Morgan fingerprint density at radius 1 is 1.08 bits per heavy atom. The molecule has 1 N–H and O–H groups in total. The second kappa shape index (κ2) is 9.34. The monoisotopic (exact) mass is 553 g/mol. The molecule has 0 radical (unpaired) electrons. The minimum absolute atomic E-state index is 0.00935. The molecule has 2 aliphatic rings. The van der Waals surface area contributed by atoms with Gasteiger partial charge in [-0.2, -0.15) is 17.5 Å². The van der Waals surface area contributed by atoms with Crippen molar-refractivity contribution in [2.24, 2.45) is 11.8 Å². The molecule has 1 saturated heterocycles. The highest BCUT2D eigenvalue weighted by molar-refractivity contribution is 7.89. The van der Waals surface area contributed by atoms with Crippen LogP contribution in [0, 0.1) is 23.5 Å². The van der Waals surface area contributed by atoms with Crippen molar-refractivity contribution >= 4 is 15.9 Å². The Labute approximate surface area is 214 Å². The van der Waals surface area contributed by atoms with Crippen molar-refractivity contribution in [3.63, 3.8) is 0 Å². The number of hydrogen-bond acceptors (Lipinski definition) is 6. The van der Waals surface area contributed by atoms with E-state index in [2.05, 4.69) is 20.3 Å². The Balaban J connectivity index is 1.33. The first-order valence-corrected chi connectivity index (χ1v) is 12.9. The molecule has 1 aliphatic heterocycles. The summed E-state index contributed by atoms with van der Waals surface area (Å²) < 4.78 is 93.8. The van der Waals surface area contributed by atoms with Crippen molar-refractivity contribution in [1.82, 2.24) is 24.6 Å². The standard InChI is InChI=1S/C24H20F5N5O3S/c1-12-17-7-20(34(21(12)17)38(36,37)16-4-2-15(25)3-5-16)22(35)31-8-13-6-19(30-11-18(13)26)14-9-32-23(33-10-14)24(27,28)29/h2-6,9-12,17,20-21H,7-8H2,1H3,(H,31,35)/t12-,17+,20-,21-/m0/s1. The van der Waals surface area contributed by atoms with Crippen molar-refractivity contribution in [2.45, 2.75) is 43.0 Å². The van der Waals surface area contributed by atoms with Crippen molar-refractivity contribution in [3.8, 4) is 11.3 Å². The number of carbonyl (C=O) groups excluding carboxylic acids is 1. The van der Waals surface area contributed by atoms with Crippen LogP contribution in [0.25, 0.3) is 11.3 Å². The lowest BCUT2D eigenvalue weighted by atomic mass is 10.1. The van der Waals surface area contributed by atoms with Gasteiger partial charge in [0, 0.05) is 36.1 Å². The molecule has 5 rings (SSSR count). The van der Waals surface area contributed by atoms with E-state index in [1.165, 1.54) is 6.07 Å². The molecule has 0 unspecified atom stereocenters. The van der Waals surface area contributed by atoms with E-state index in [4.69, 9.17) is 0 Å². The number of carbonyl (C=O) groups is 1. The lowest BCUT2D eigenvalue weighted by molar-refractivity contribution is -0.145. The molecule has 2 fully saturated rings. The average molecular weight is 554 g/mol. The van der Waals surface area contributed by atoms with Gasteiger partial charge in [-0.3, -0.25) is 9.78 Å². The van der Waals surface area contributed by atoms with E-state index in [1.807, 2.05) is 6.92 Å². The van der Waals surface area contributed by atoms with Gasteiger partial charge in [0.15, 0.2) is 0 Å². The number of sulfonamides is 1. The maximum absolute atomic E-state index is 14.4. The molecule has 1 saturated carbocycles. The lowest BCUT2D eigenvalue weighted by Crippen LogP contribution is -2.48. The molecule has 8 nitrogen and oxygen atoms in total. The molecule has 0 spiro atoms. The fourth-order valence-electron chi connectivity index (χ4n) is 4.83. The van der Waals surface area contributed by atoms with Gasteiger partial charge in [0.05, 0.1) is 16.8 Å². The predicted octanol–water partition coefficient (Wildman–Crippen LogP) is 3.55. The van der Waals surface area contributed by atoms with Crippen LogP contribution >= 0.6 is 0 Å². The van der Waals surface area contributed by atoms with Crippen LogP contribution in [-0.4, -0.2) is 45.7 Å². The number of benzene rings is 1. The van der Waals surface area contributed by atoms with Gasteiger partial charge in [-0.15, -0.1) is 0 Å². The van der Waals surface area contributed by atoms with Crippen LogP contribution in [0.1, 0.15) is 24.7 Å². The third-order valence-corrected chi connectivity index (χ3v) is 8.81. The van der Waals surface area contributed by atoms with Crippen LogP contribution in [0.15, 0.2) is 53.8 Å². The minimum Gasteiger partial charge on any atom is -0.351 e. The number of rotatable bonds is 6. The largest absolute Gasteiger partial charge is 0.451 e. The van der Waals surface area contributed by atoms with E-state index in [1.54, 1.807) is 0 Å². The fraction of sp³-hybridized carbons (Fsp3) is 0.333. The van der Waals surface area contributed by atoms with Crippen LogP contribution in [-0.2, 0) is 27.5 Å². The second-order valence-electron chi connectivity index (χ2n) is 9.23. The molecule has 14 heteroatoms. The first-order chi connectivity index (χ1) is 17.9. The van der Waals surface area contributed by atoms with Crippen molar-refractivity contribution in [2.75, 3.05) is 0 Å². The Bertz CT molecular complexity index is 1480. The SMILES string of the molecule is C[C@H]1[C@H]2C[C@@H](C(=O)NCc3cc(-c4cnc(C(F)(F)F)nc4)ncc3F)N(S(=O)(=O)c3ccc(F)cc3)[C@@H]12. The number of aromatic nitrogens is 3. The fourth-order valence-corrected chi connectivity index (χ4v) is 6.73. The highest BCUT2D eigenvalue weighted by Gasteiger charge is 2.63. The summed E-state index contributed by atoms with van der Waals surface area (Å²) >= 11 is 0. The lowest BCUT2D eigenvalue weighted by Gasteiger charge is -2.27. The average Bonchev–Trinajstić information content (AvgIpc) is 3.30. The Morgan fingerprint density at radius 3 is 2.37 bits per heavy atom. The van der Waals surface area contributed by atoms with Crippen LogP contribution < -0.4 is 5.32 Å². The van der Waals surface area contributed by atoms with Crippen molar-refractivity contribution < 1.29 is 35.2 Å².